The third kappa shape index (κ3) is 8.36. The maximum atomic E-state index is 11.4. The Morgan fingerprint density at radius 3 is 2.33 bits per heavy atom. The lowest BCUT2D eigenvalue weighted by molar-refractivity contribution is 0.0456. The summed E-state index contributed by atoms with van der Waals surface area (Å²) in [5, 5.41) is 0. The summed E-state index contributed by atoms with van der Waals surface area (Å²) in [4.78, 5) is 17.8. The van der Waals surface area contributed by atoms with Gasteiger partial charge in [-0.05, 0) is 80.0 Å². The van der Waals surface area contributed by atoms with Crippen molar-refractivity contribution in [2.75, 3.05) is 18.8 Å². The van der Waals surface area contributed by atoms with Crippen LogP contribution >= 0.6 is 0 Å². The van der Waals surface area contributed by atoms with Gasteiger partial charge in [0.25, 0.3) is 5.91 Å². The summed E-state index contributed by atoms with van der Waals surface area (Å²) in [6.07, 6.45) is 9.64. The number of nitrogens with zero attached hydrogens (tertiary/aromatic N) is 2. The molecule has 2 heterocycles. The highest BCUT2D eigenvalue weighted by molar-refractivity contribution is 5.98. The number of nitrogen functional groups attached to an aromatic ring is 1. The second-order valence-electron chi connectivity index (χ2n) is 11.0. The van der Waals surface area contributed by atoms with Crippen molar-refractivity contribution in [3.8, 4) is 11.1 Å². The molecule has 0 radical (unpaired) electrons. The van der Waals surface area contributed by atoms with Crippen LogP contribution in [0, 0.1) is 13.8 Å². The van der Waals surface area contributed by atoms with E-state index in [0.29, 0.717) is 6.10 Å². The molecular weight excluding hydrogens is 486 g/mol. The lowest BCUT2D eigenvalue weighted by Crippen LogP contribution is -2.42. The molecular formula is C32H43N5O2. The number of piperidine rings is 1. The van der Waals surface area contributed by atoms with Crippen LogP contribution in [0.15, 0.2) is 54.7 Å². The number of carbonyl (C=O) groups excluding carboxylic acids is 1. The number of pyridine rings is 1. The van der Waals surface area contributed by atoms with Crippen LogP contribution in [0.25, 0.3) is 11.1 Å². The molecule has 2 aromatic carbocycles. The number of aryl methyl sites for hydroxylation is 2. The second kappa shape index (κ2) is 13.7. The molecule has 6 N–H and O–H groups in total. The Hall–Kier alpha value is -3.26. The zero-order chi connectivity index (χ0) is 27.8. The Kier molecular flexibility index (Phi) is 10.1. The molecule has 1 saturated heterocycles. The average Bonchev–Trinajstić information content (AvgIpc) is 3.44. The zero-order valence-corrected chi connectivity index (χ0v) is 23.4. The van der Waals surface area contributed by atoms with Crippen molar-refractivity contribution in [3.05, 3.63) is 82.5 Å². The first kappa shape index (κ1) is 28.7. The summed E-state index contributed by atoms with van der Waals surface area (Å²) in [5.74, 6) is -0.413. The topological polar surface area (TPSA) is 120 Å². The monoisotopic (exact) mass is 529 g/mol. The molecule has 1 saturated carbocycles. The van der Waals surface area contributed by atoms with E-state index in [0.717, 1.165) is 50.2 Å². The molecule has 7 heteroatoms. The Morgan fingerprint density at radius 1 is 0.949 bits per heavy atom. The summed E-state index contributed by atoms with van der Waals surface area (Å²) in [6.45, 7) is 8.04. The third-order valence-corrected chi connectivity index (χ3v) is 7.78. The number of carbonyl (C=O) groups is 1. The van der Waals surface area contributed by atoms with E-state index in [-0.39, 0.29) is 17.4 Å². The molecule has 208 valence electrons. The predicted octanol–water partition coefficient (Wildman–Crippen LogP) is 5.12. The minimum Gasteiger partial charge on any atom is -0.383 e. The second-order valence-corrected chi connectivity index (χ2v) is 11.0. The fourth-order valence-electron chi connectivity index (χ4n) is 5.29. The molecule has 1 atom stereocenters. The third-order valence-electron chi connectivity index (χ3n) is 7.78. The predicted molar refractivity (Wildman–Crippen MR) is 158 cm³/mol. The molecule has 1 aliphatic carbocycles. The minimum absolute atomic E-state index is 0.157. The number of ether oxygens (including phenoxy) is 1. The molecule has 5 rings (SSSR count). The van der Waals surface area contributed by atoms with Crippen LogP contribution in [0.3, 0.4) is 0 Å². The lowest BCUT2D eigenvalue weighted by Gasteiger charge is -2.30. The van der Waals surface area contributed by atoms with E-state index in [1.807, 2.05) is 12.1 Å². The standard InChI is InChI=1S/C18H23N5O.C14H20O/c19-15-2-1-7-23(11-15)10-12-3-5-13(6-4-12)14-8-16(18(21)24)17(20)22-9-14;1-11-7-8-13(9-12(11)2)10-15-14-5-3-4-6-14/h3-6,8-9,15H,1-2,7,10-11,19H2,(H2,20,22)(H2,21,24);7-9,14H,3-6,10H2,1-2H3. The molecule has 0 bridgehead atoms. The van der Waals surface area contributed by atoms with Crippen molar-refractivity contribution in [1.29, 1.82) is 0 Å². The summed E-state index contributed by atoms with van der Waals surface area (Å²) >= 11 is 0. The van der Waals surface area contributed by atoms with E-state index >= 15 is 0 Å². The van der Waals surface area contributed by atoms with Crippen LogP contribution in [0.4, 0.5) is 5.82 Å². The number of rotatable bonds is 7. The van der Waals surface area contributed by atoms with Crippen molar-refractivity contribution in [3.63, 3.8) is 0 Å². The van der Waals surface area contributed by atoms with Crippen molar-refractivity contribution >= 4 is 11.7 Å². The van der Waals surface area contributed by atoms with Gasteiger partial charge in [-0.3, -0.25) is 9.69 Å². The Morgan fingerprint density at radius 2 is 1.67 bits per heavy atom. The van der Waals surface area contributed by atoms with Crippen molar-refractivity contribution in [1.82, 2.24) is 9.88 Å². The number of hydrogen-bond donors (Lipinski definition) is 3. The average molecular weight is 530 g/mol. The van der Waals surface area contributed by atoms with Gasteiger partial charge < -0.3 is 21.9 Å². The number of benzene rings is 2. The summed E-state index contributed by atoms with van der Waals surface area (Å²) in [5.41, 5.74) is 24.4. The van der Waals surface area contributed by atoms with Crippen LogP contribution in [0.2, 0.25) is 0 Å². The molecule has 7 nitrogen and oxygen atoms in total. The van der Waals surface area contributed by atoms with Crippen LogP contribution < -0.4 is 17.2 Å². The molecule has 0 spiro atoms. The van der Waals surface area contributed by atoms with Gasteiger partial charge in [0.15, 0.2) is 0 Å². The first-order valence-electron chi connectivity index (χ1n) is 14.1. The number of nitrogens with two attached hydrogens (primary N) is 3. The number of likely N-dealkylation sites (tertiary alicyclic amines) is 1. The molecule has 1 aliphatic heterocycles. The maximum Gasteiger partial charge on any atom is 0.252 e. The molecule has 39 heavy (non-hydrogen) atoms. The fourth-order valence-corrected chi connectivity index (χ4v) is 5.29. The van der Waals surface area contributed by atoms with Gasteiger partial charge in [0.05, 0.1) is 18.3 Å². The van der Waals surface area contributed by atoms with Crippen molar-refractivity contribution < 1.29 is 9.53 Å². The van der Waals surface area contributed by atoms with Crippen LogP contribution in [-0.4, -0.2) is 41.0 Å². The van der Waals surface area contributed by atoms with E-state index in [2.05, 4.69) is 54.1 Å². The number of amides is 1. The highest BCUT2D eigenvalue weighted by atomic mass is 16.5. The van der Waals surface area contributed by atoms with E-state index < -0.39 is 5.91 Å². The normalized spacial score (nSPS) is 18.0. The van der Waals surface area contributed by atoms with Gasteiger partial charge in [-0.25, -0.2) is 4.98 Å². The van der Waals surface area contributed by atoms with Gasteiger partial charge in [0.1, 0.15) is 5.82 Å². The molecule has 1 amide bonds. The van der Waals surface area contributed by atoms with Gasteiger partial charge in [0, 0.05) is 30.9 Å². The van der Waals surface area contributed by atoms with Gasteiger partial charge in [-0.1, -0.05) is 55.3 Å². The molecule has 2 fully saturated rings. The Bertz CT molecular complexity index is 1240. The first-order valence-corrected chi connectivity index (χ1v) is 14.1. The SMILES string of the molecule is Cc1ccc(COC2CCCC2)cc1C.NC(=O)c1cc(-c2ccc(CN3CCCC(N)C3)cc2)cnc1N. The van der Waals surface area contributed by atoms with Crippen molar-refractivity contribution in [2.24, 2.45) is 11.5 Å². The number of hydrogen-bond acceptors (Lipinski definition) is 6. The van der Waals surface area contributed by atoms with Gasteiger partial charge >= 0.3 is 0 Å². The summed E-state index contributed by atoms with van der Waals surface area (Å²) in [7, 11) is 0. The van der Waals surface area contributed by atoms with Gasteiger partial charge in [-0.2, -0.15) is 0 Å². The van der Waals surface area contributed by atoms with Crippen LogP contribution in [0.1, 0.15) is 71.1 Å². The van der Waals surface area contributed by atoms with Crippen LogP contribution in [0.5, 0.6) is 0 Å². The Labute approximate surface area is 232 Å². The van der Waals surface area contributed by atoms with Gasteiger partial charge in [0.2, 0.25) is 0 Å². The Balaban J connectivity index is 0.000000202. The molecule has 1 unspecified atom stereocenters. The lowest BCUT2D eigenvalue weighted by atomic mass is 10.0. The van der Waals surface area contributed by atoms with Crippen molar-refractivity contribution in [2.45, 2.75) is 77.7 Å². The highest BCUT2D eigenvalue weighted by Crippen LogP contribution is 2.24. The van der Waals surface area contributed by atoms with Gasteiger partial charge in [-0.15, -0.1) is 0 Å². The zero-order valence-electron chi connectivity index (χ0n) is 23.4. The highest BCUT2D eigenvalue weighted by Gasteiger charge is 2.17. The molecule has 3 aromatic rings. The molecule has 2 aliphatic rings. The van der Waals surface area contributed by atoms with E-state index in [1.54, 1.807) is 12.3 Å². The van der Waals surface area contributed by atoms with Crippen LogP contribution in [-0.2, 0) is 17.9 Å². The van der Waals surface area contributed by atoms with E-state index in [4.69, 9.17) is 21.9 Å². The maximum absolute atomic E-state index is 11.4. The first-order chi connectivity index (χ1) is 18.8. The largest absolute Gasteiger partial charge is 0.383 e. The number of aromatic nitrogens is 1. The quantitative estimate of drug-likeness (QED) is 0.391. The minimum atomic E-state index is -0.570. The fraction of sp³-hybridized carbons (Fsp3) is 0.438. The number of anilines is 1. The van der Waals surface area contributed by atoms with E-state index in [9.17, 15) is 4.79 Å². The molecule has 1 aromatic heterocycles. The smallest absolute Gasteiger partial charge is 0.252 e. The summed E-state index contributed by atoms with van der Waals surface area (Å²) in [6, 6.07) is 16.8. The summed E-state index contributed by atoms with van der Waals surface area (Å²) < 4.78 is 5.88. The number of primary amides is 1. The van der Waals surface area contributed by atoms with E-state index in [1.165, 1.54) is 47.9 Å².